The number of methoxy groups -OCH3 is 1. The van der Waals surface area contributed by atoms with Gasteiger partial charge in [0.25, 0.3) is 5.91 Å². The van der Waals surface area contributed by atoms with Gasteiger partial charge in [-0.2, -0.15) is 0 Å². The van der Waals surface area contributed by atoms with Crippen LogP contribution in [0.1, 0.15) is 15.9 Å². The number of carbonyl (C=O) groups excluding carboxylic acids is 1. The lowest BCUT2D eigenvalue weighted by molar-refractivity contribution is 0.0951. The van der Waals surface area contributed by atoms with E-state index >= 15 is 0 Å². The van der Waals surface area contributed by atoms with Crippen LogP contribution in [0.25, 0.3) is 0 Å². The van der Waals surface area contributed by atoms with E-state index in [0.29, 0.717) is 28.6 Å². The van der Waals surface area contributed by atoms with E-state index in [1.165, 1.54) is 12.4 Å². The van der Waals surface area contributed by atoms with Crippen LogP contribution < -0.4 is 15.8 Å². The lowest BCUT2D eigenvalue weighted by atomic mass is 10.2. The standard InChI is InChI=1S/C14H14ClN3O2/c1-20-13-3-2-9(6-12(13)16)7-18-14(19)10-4-5-17-8-11(10)15/h2-6,8H,7,16H2,1H3,(H,18,19). The molecule has 0 aliphatic heterocycles. The Labute approximate surface area is 121 Å². The Morgan fingerprint density at radius 1 is 1.45 bits per heavy atom. The Morgan fingerprint density at radius 2 is 2.25 bits per heavy atom. The van der Waals surface area contributed by atoms with Crippen LogP contribution in [-0.2, 0) is 6.54 Å². The van der Waals surface area contributed by atoms with E-state index in [2.05, 4.69) is 10.3 Å². The zero-order chi connectivity index (χ0) is 14.5. The van der Waals surface area contributed by atoms with Gasteiger partial charge in [-0.1, -0.05) is 17.7 Å². The average molecular weight is 292 g/mol. The summed E-state index contributed by atoms with van der Waals surface area (Å²) in [6.07, 6.45) is 2.95. The maximum Gasteiger partial charge on any atom is 0.253 e. The Balaban J connectivity index is 2.04. The predicted octanol–water partition coefficient (Wildman–Crippen LogP) is 2.26. The molecule has 0 saturated heterocycles. The Bertz CT molecular complexity index is 632. The highest BCUT2D eigenvalue weighted by Gasteiger charge is 2.09. The zero-order valence-corrected chi connectivity index (χ0v) is 11.6. The molecule has 20 heavy (non-hydrogen) atoms. The summed E-state index contributed by atoms with van der Waals surface area (Å²) in [6, 6.07) is 6.92. The number of rotatable bonds is 4. The summed E-state index contributed by atoms with van der Waals surface area (Å²) in [6.45, 7) is 0.353. The molecule has 0 aliphatic rings. The summed E-state index contributed by atoms with van der Waals surface area (Å²) in [4.78, 5) is 15.8. The van der Waals surface area contributed by atoms with Gasteiger partial charge in [0.05, 0.1) is 23.4 Å². The third-order valence-electron chi connectivity index (χ3n) is 2.76. The second-order valence-corrected chi connectivity index (χ2v) is 4.52. The van der Waals surface area contributed by atoms with E-state index in [4.69, 9.17) is 22.1 Å². The monoisotopic (exact) mass is 291 g/mol. The van der Waals surface area contributed by atoms with Crippen LogP contribution in [0.2, 0.25) is 5.02 Å². The minimum atomic E-state index is -0.258. The number of nitrogens with two attached hydrogens (primary N) is 1. The number of hydrogen-bond donors (Lipinski definition) is 2. The first kappa shape index (κ1) is 14.1. The lowest BCUT2D eigenvalue weighted by Gasteiger charge is -2.09. The summed E-state index contributed by atoms with van der Waals surface area (Å²) in [7, 11) is 1.55. The highest BCUT2D eigenvalue weighted by Crippen LogP contribution is 2.21. The molecule has 0 fully saturated rings. The fraction of sp³-hybridized carbons (Fsp3) is 0.143. The van der Waals surface area contributed by atoms with Crippen molar-refractivity contribution in [3.05, 3.63) is 52.8 Å². The SMILES string of the molecule is COc1ccc(CNC(=O)c2ccncc2Cl)cc1N. The van der Waals surface area contributed by atoms with Gasteiger partial charge in [-0.05, 0) is 23.8 Å². The molecule has 1 aromatic heterocycles. The molecule has 0 aliphatic carbocycles. The van der Waals surface area contributed by atoms with Crippen molar-refractivity contribution in [1.82, 2.24) is 10.3 Å². The van der Waals surface area contributed by atoms with Crippen molar-refractivity contribution in [3.8, 4) is 5.75 Å². The van der Waals surface area contributed by atoms with Crippen LogP contribution in [0.5, 0.6) is 5.75 Å². The molecular weight excluding hydrogens is 278 g/mol. The molecule has 0 radical (unpaired) electrons. The maximum atomic E-state index is 12.0. The summed E-state index contributed by atoms with van der Waals surface area (Å²) >= 11 is 5.91. The third kappa shape index (κ3) is 3.19. The summed E-state index contributed by atoms with van der Waals surface area (Å²) < 4.78 is 5.07. The minimum absolute atomic E-state index is 0.258. The fourth-order valence-electron chi connectivity index (χ4n) is 1.73. The molecule has 6 heteroatoms. The van der Waals surface area contributed by atoms with Gasteiger partial charge in [-0.25, -0.2) is 0 Å². The first-order valence-electron chi connectivity index (χ1n) is 5.92. The first-order valence-corrected chi connectivity index (χ1v) is 6.29. The minimum Gasteiger partial charge on any atom is -0.495 e. The Morgan fingerprint density at radius 3 is 2.90 bits per heavy atom. The third-order valence-corrected chi connectivity index (χ3v) is 3.07. The molecule has 1 heterocycles. The molecule has 0 saturated carbocycles. The number of hydrogen-bond acceptors (Lipinski definition) is 4. The van der Waals surface area contributed by atoms with Crippen LogP contribution >= 0.6 is 11.6 Å². The normalized spacial score (nSPS) is 10.1. The van der Waals surface area contributed by atoms with Crippen LogP contribution in [0.4, 0.5) is 5.69 Å². The van der Waals surface area contributed by atoms with Gasteiger partial charge in [-0.15, -0.1) is 0 Å². The number of benzene rings is 1. The molecule has 2 rings (SSSR count). The van der Waals surface area contributed by atoms with Gasteiger partial charge in [0.1, 0.15) is 5.75 Å². The van der Waals surface area contributed by atoms with Gasteiger partial charge in [0.15, 0.2) is 0 Å². The number of pyridine rings is 1. The molecule has 1 aromatic carbocycles. The van der Waals surface area contributed by atoms with Crippen LogP contribution in [0, 0.1) is 0 Å². The number of anilines is 1. The number of ether oxygens (including phenoxy) is 1. The maximum absolute atomic E-state index is 12.0. The smallest absolute Gasteiger partial charge is 0.253 e. The number of halogens is 1. The van der Waals surface area contributed by atoms with E-state index < -0.39 is 0 Å². The van der Waals surface area contributed by atoms with Crippen molar-refractivity contribution in [1.29, 1.82) is 0 Å². The van der Waals surface area contributed by atoms with Gasteiger partial charge < -0.3 is 15.8 Å². The largest absolute Gasteiger partial charge is 0.495 e. The van der Waals surface area contributed by atoms with Crippen molar-refractivity contribution in [2.24, 2.45) is 0 Å². The first-order chi connectivity index (χ1) is 9.61. The topological polar surface area (TPSA) is 77.2 Å². The summed E-state index contributed by atoms with van der Waals surface area (Å²) in [5.41, 5.74) is 7.60. The van der Waals surface area contributed by atoms with E-state index in [1.807, 2.05) is 6.07 Å². The molecule has 2 aromatic rings. The van der Waals surface area contributed by atoms with E-state index in [0.717, 1.165) is 5.56 Å². The van der Waals surface area contributed by atoms with Crippen molar-refractivity contribution < 1.29 is 9.53 Å². The molecule has 1 amide bonds. The van der Waals surface area contributed by atoms with Crippen molar-refractivity contribution in [2.45, 2.75) is 6.54 Å². The van der Waals surface area contributed by atoms with Gasteiger partial charge >= 0.3 is 0 Å². The average Bonchev–Trinajstić information content (AvgIpc) is 2.45. The van der Waals surface area contributed by atoms with Crippen molar-refractivity contribution >= 4 is 23.2 Å². The molecule has 5 nitrogen and oxygen atoms in total. The molecule has 0 bridgehead atoms. The van der Waals surface area contributed by atoms with Gasteiger partial charge in [-0.3, -0.25) is 9.78 Å². The van der Waals surface area contributed by atoms with Gasteiger partial charge in [0.2, 0.25) is 0 Å². The second kappa shape index (κ2) is 6.25. The fourth-order valence-corrected chi connectivity index (χ4v) is 1.94. The number of nitrogens with one attached hydrogen (secondary N) is 1. The van der Waals surface area contributed by atoms with E-state index in [9.17, 15) is 4.79 Å². The number of aromatic nitrogens is 1. The highest BCUT2D eigenvalue weighted by atomic mass is 35.5. The quantitative estimate of drug-likeness (QED) is 0.847. The predicted molar refractivity (Wildman–Crippen MR) is 77.8 cm³/mol. The highest BCUT2D eigenvalue weighted by molar-refractivity contribution is 6.33. The molecule has 3 N–H and O–H groups in total. The molecule has 0 unspecified atom stereocenters. The lowest BCUT2D eigenvalue weighted by Crippen LogP contribution is -2.23. The number of nitrogen functional groups attached to an aromatic ring is 1. The molecule has 0 spiro atoms. The van der Waals surface area contributed by atoms with Crippen LogP contribution in [0.3, 0.4) is 0 Å². The van der Waals surface area contributed by atoms with E-state index in [-0.39, 0.29) is 5.91 Å². The second-order valence-electron chi connectivity index (χ2n) is 4.11. The van der Waals surface area contributed by atoms with E-state index in [1.54, 1.807) is 25.3 Å². The summed E-state index contributed by atoms with van der Waals surface area (Å²) in [5, 5.41) is 3.09. The number of carbonyl (C=O) groups is 1. The van der Waals surface area contributed by atoms with Crippen LogP contribution in [-0.4, -0.2) is 18.0 Å². The number of nitrogens with zero attached hydrogens (tertiary/aromatic N) is 1. The molecular formula is C14H14ClN3O2. The Kier molecular flexibility index (Phi) is 4.42. The molecule has 0 atom stereocenters. The Hall–Kier alpha value is -2.27. The summed E-state index contributed by atoms with van der Waals surface area (Å²) in [5.74, 6) is 0.351. The van der Waals surface area contributed by atoms with Crippen LogP contribution in [0.15, 0.2) is 36.7 Å². The zero-order valence-electron chi connectivity index (χ0n) is 10.9. The van der Waals surface area contributed by atoms with Crippen molar-refractivity contribution in [2.75, 3.05) is 12.8 Å². The van der Waals surface area contributed by atoms with Crippen molar-refractivity contribution in [3.63, 3.8) is 0 Å². The number of amides is 1. The molecule has 104 valence electrons. The van der Waals surface area contributed by atoms with Gasteiger partial charge in [0, 0.05) is 18.9 Å².